The second-order valence-corrected chi connectivity index (χ2v) is 9.87. The van der Waals surface area contributed by atoms with E-state index in [0.29, 0.717) is 23.6 Å². The lowest BCUT2D eigenvalue weighted by Crippen LogP contribution is -2.28. The number of carbonyl (C=O) groups excluding carboxylic acids is 1. The van der Waals surface area contributed by atoms with E-state index in [0.717, 1.165) is 58.4 Å². The van der Waals surface area contributed by atoms with Crippen LogP contribution in [0.25, 0.3) is 11.1 Å². The minimum Gasteiger partial charge on any atom is -0.478 e. The van der Waals surface area contributed by atoms with E-state index >= 15 is 0 Å². The van der Waals surface area contributed by atoms with Crippen LogP contribution in [0.15, 0.2) is 16.0 Å². The van der Waals surface area contributed by atoms with E-state index in [1.807, 2.05) is 44.4 Å². The molecule has 1 N–H and O–H groups in total. The number of aliphatic imine (C=N–C) groups is 1. The summed E-state index contributed by atoms with van der Waals surface area (Å²) in [5.74, 6) is -0.885. The van der Waals surface area contributed by atoms with E-state index in [2.05, 4.69) is 4.99 Å². The zero-order valence-corrected chi connectivity index (χ0v) is 20.0. The van der Waals surface area contributed by atoms with Gasteiger partial charge in [0.25, 0.3) is 5.91 Å². The van der Waals surface area contributed by atoms with Crippen molar-refractivity contribution in [2.24, 2.45) is 4.99 Å². The Morgan fingerprint density at radius 2 is 2.00 bits per heavy atom. The highest BCUT2D eigenvalue weighted by Crippen LogP contribution is 2.39. The SMILES string of the molecule is CCN=C1S/C(=C\c2cc(C)n(-c3sc4c(c3C(=O)O)CCCC4)c2C)C(=O)N1CC. The first kappa shape index (κ1) is 21.9. The number of nitrogens with zero attached hydrogens (tertiary/aromatic N) is 3. The van der Waals surface area contributed by atoms with Gasteiger partial charge in [0.2, 0.25) is 0 Å². The fourth-order valence-electron chi connectivity index (χ4n) is 4.36. The molecule has 31 heavy (non-hydrogen) atoms. The van der Waals surface area contributed by atoms with Gasteiger partial charge in [-0.1, -0.05) is 0 Å². The maximum Gasteiger partial charge on any atom is 0.339 e. The van der Waals surface area contributed by atoms with Crippen LogP contribution in [0, 0.1) is 13.8 Å². The molecule has 4 rings (SSSR count). The van der Waals surface area contributed by atoms with Gasteiger partial charge < -0.3 is 9.67 Å². The number of hydrogen-bond acceptors (Lipinski definition) is 5. The zero-order chi connectivity index (χ0) is 22.3. The highest BCUT2D eigenvalue weighted by atomic mass is 32.2. The Morgan fingerprint density at radius 3 is 2.68 bits per heavy atom. The smallest absolute Gasteiger partial charge is 0.339 e. The minimum absolute atomic E-state index is 0.0256. The molecule has 0 aromatic carbocycles. The van der Waals surface area contributed by atoms with Crippen LogP contribution in [0.2, 0.25) is 0 Å². The number of aryl methyl sites for hydroxylation is 2. The van der Waals surface area contributed by atoms with Gasteiger partial charge in [0.1, 0.15) is 5.00 Å². The Kier molecular flexibility index (Phi) is 6.12. The molecule has 2 aliphatic rings. The van der Waals surface area contributed by atoms with Crippen molar-refractivity contribution in [1.29, 1.82) is 0 Å². The first-order valence-corrected chi connectivity index (χ1v) is 12.3. The fraction of sp³-hybridized carbons (Fsp3) is 0.435. The van der Waals surface area contributed by atoms with Crippen LogP contribution in [0.1, 0.15) is 64.4 Å². The third-order valence-corrected chi connectivity index (χ3v) is 8.15. The predicted octanol–water partition coefficient (Wildman–Crippen LogP) is 5.04. The van der Waals surface area contributed by atoms with E-state index < -0.39 is 5.97 Å². The first-order valence-electron chi connectivity index (χ1n) is 10.7. The van der Waals surface area contributed by atoms with Crippen LogP contribution in [0.4, 0.5) is 0 Å². The van der Waals surface area contributed by atoms with E-state index in [1.165, 1.54) is 16.6 Å². The van der Waals surface area contributed by atoms with E-state index in [-0.39, 0.29) is 5.91 Å². The molecule has 0 radical (unpaired) electrons. The normalized spacial score (nSPS) is 19.0. The second-order valence-electron chi connectivity index (χ2n) is 7.78. The third kappa shape index (κ3) is 3.76. The Bertz CT molecular complexity index is 1120. The van der Waals surface area contributed by atoms with Crippen LogP contribution in [0.3, 0.4) is 0 Å². The average molecular weight is 458 g/mol. The molecule has 1 aliphatic heterocycles. The van der Waals surface area contributed by atoms with Gasteiger partial charge in [-0.05, 0) is 88.4 Å². The van der Waals surface area contributed by atoms with Crippen molar-refractivity contribution >= 4 is 46.2 Å². The molecule has 1 fully saturated rings. The van der Waals surface area contributed by atoms with Crippen molar-refractivity contribution in [3.63, 3.8) is 0 Å². The molecular formula is C23H27N3O3S2. The summed E-state index contributed by atoms with van der Waals surface area (Å²) in [7, 11) is 0. The van der Waals surface area contributed by atoms with Crippen LogP contribution in [-0.2, 0) is 17.6 Å². The van der Waals surface area contributed by atoms with Crippen molar-refractivity contribution < 1.29 is 14.7 Å². The van der Waals surface area contributed by atoms with Gasteiger partial charge in [-0.2, -0.15) is 0 Å². The lowest BCUT2D eigenvalue weighted by Gasteiger charge is -2.11. The lowest BCUT2D eigenvalue weighted by atomic mass is 9.95. The van der Waals surface area contributed by atoms with Gasteiger partial charge in [0, 0.05) is 29.4 Å². The average Bonchev–Trinajstić information content (AvgIpc) is 3.34. The summed E-state index contributed by atoms with van der Waals surface area (Å²) >= 11 is 3.01. The summed E-state index contributed by atoms with van der Waals surface area (Å²) in [6, 6.07) is 2.03. The quantitative estimate of drug-likeness (QED) is 0.638. The molecule has 1 saturated heterocycles. The van der Waals surface area contributed by atoms with Crippen LogP contribution < -0.4 is 0 Å². The molecule has 1 amide bonds. The molecular weight excluding hydrogens is 430 g/mol. The fourth-order valence-corrected chi connectivity index (χ4v) is 6.94. The number of carboxylic acid groups (broad SMARTS) is 1. The maximum absolute atomic E-state index is 12.8. The Labute approximate surface area is 190 Å². The molecule has 2 aromatic rings. The Morgan fingerprint density at radius 1 is 1.26 bits per heavy atom. The van der Waals surface area contributed by atoms with Gasteiger partial charge in [0.05, 0.1) is 10.5 Å². The Hall–Kier alpha value is -2.32. The molecule has 0 atom stereocenters. The molecule has 1 aliphatic carbocycles. The zero-order valence-electron chi connectivity index (χ0n) is 18.3. The minimum atomic E-state index is -0.859. The van der Waals surface area contributed by atoms with Gasteiger partial charge in [-0.25, -0.2) is 4.79 Å². The third-order valence-electron chi connectivity index (χ3n) is 5.82. The number of hydrogen-bond donors (Lipinski definition) is 1. The molecule has 2 aromatic heterocycles. The largest absolute Gasteiger partial charge is 0.478 e. The molecule has 0 saturated carbocycles. The summed E-state index contributed by atoms with van der Waals surface area (Å²) in [6.07, 6.45) is 5.86. The van der Waals surface area contributed by atoms with E-state index in [4.69, 9.17) is 0 Å². The number of fused-ring (bicyclic) bond motifs is 1. The van der Waals surface area contributed by atoms with Gasteiger partial charge in [-0.15, -0.1) is 11.3 Å². The van der Waals surface area contributed by atoms with Crippen molar-refractivity contribution in [1.82, 2.24) is 9.47 Å². The van der Waals surface area contributed by atoms with Crippen molar-refractivity contribution in [3.05, 3.63) is 43.9 Å². The highest BCUT2D eigenvalue weighted by molar-refractivity contribution is 8.18. The molecule has 0 unspecified atom stereocenters. The molecule has 3 heterocycles. The monoisotopic (exact) mass is 457 g/mol. The second kappa shape index (κ2) is 8.67. The van der Waals surface area contributed by atoms with Crippen LogP contribution in [0.5, 0.6) is 0 Å². The summed E-state index contributed by atoms with van der Waals surface area (Å²) in [5, 5.41) is 11.5. The number of carbonyl (C=O) groups is 2. The van der Waals surface area contributed by atoms with Crippen LogP contribution in [-0.4, -0.2) is 44.7 Å². The van der Waals surface area contributed by atoms with Crippen molar-refractivity contribution in [2.75, 3.05) is 13.1 Å². The Balaban J connectivity index is 1.79. The lowest BCUT2D eigenvalue weighted by molar-refractivity contribution is -0.122. The molecule has 0 bridgehead atoms. The number of aromatic carboxylic acids is 1. The molecule has 8 heteroatoms. The number of rotatable bonds is 5. The number of amides is 1. The number of carboxylic acids is 1. The summed E-state index contributed by atoms with van der Waals surface area (Å²) in [6.45, 7) is 9.11. The first-order chi connectivity index (χ1) is 14.9. The number of amidine groups is 1. The standard InChI is InChI=1S/C23H27N3O3S2/c1-5-24-23-25(6-2)20(27)18(31-23)12-15-11-13(3)26(14(15)4)21-19(22(28)29)16-9-7-8-10-17(16)30-21/h11-12H,5-10H2,1-4H3,(H,28,29)/b18-12-,24-23?. The van der Waals surface area contributed by atoms with Crippen molar-refractivity contribution in [3.8, 4) is 5.00 Å². The predicted molar refractivity (Wildman–Crippen MR) is 128 cm³/mol. The van der Waals surface area contributed by atoms with Gasteiger partial charge >= 0.3 is 5.97 Å². The molecule has 164 valence electrons. The molecule has 6 nitrogen and oxygen atoms in total. The number of thiophene rings is 1. The summed E-state index contributed by atoms with van der Waals surface area (Å²) in [5.41, 5.74) is 4.30. The summed E-state index contributed by atoms with van der Waals surface area (Å²) in [4.78, 5) is 33.0. The number of likely N-dealkylation sites (N-methyl/N-ethyl adjacent to an activating group) is 1. The van der Waals surface area contributed by atoms with E-state index in [9.17, 15) is 14.7 Å². The van der Waals surface area contributed by atoms with E-state index in [1.54, 1.807) is 16.2 Å². The maximum atomic E-state index is 12.8. The number of thioether (sulfide) groups is 1. The van der Waals surface area contributed by atoms with Crippen molar-refractivity contribution in [2.45, 2.75) is 53.4 Å². The summed E-state index contributed by atoms with van der Waals surface area (Å²) < 4.78 is 2.04. The van der Waals surface area contributed by atoms with Gasteiger partial charge in [0.15, 0.2) is 5.17 Å². The molecule has 0 spiro atoms. The number of aromatic nitrogens is 1. The topological polar surface area (TPSA) is 74.9 Å². The van der Waals surface area contributed by atoms with Crippen LogP contribution >= 0.6 is 23.1 Å². The highest BCUT2D eigenvalue weighted by Gasteiger charge is 2.32. The van der Waals surface area contributed by atoms with Gasteiger partial charge in [-0.3, -0.25) is 14.7 Å².